The zero-order valence-corrected chi connectivity index (χ0v) is 17.3. The fourth-order valence-corrected chi connectivity index (χ4v) is 2.68. The maximum Gasteiger partial charge on any atom is 0.451 e. The number of anilines is 1. The van der Waals surface area contributed by atoms with Gasteiger partial charge in [-0.25, -0.2) is 9.97 Å². The second-order valence-electron chi connectivity index (χ2n) is 6.84. The number of nitrogens with one attached hydrogen (secondary N) is 2. The molecule has 16 heteroatoms. The Morgan fingerprint density at radius 1 is 1.00 bits per heavy atom. The number of ether oxygens (including phenoxy) is 1. The van der Waals surface area contributed by atoms with Gasteiger partial charge in [0.2, 0.25) is 17.5 Å². The Kier molecular flexibility index (Phi) is 5.87. The fourth-order valence-electron chi connectivity index (χ4n) is 2.68. The normalized spacial score (nSPS) is 12.0. The van der Waals surface area contributed by atoms with E-state index in [1.165, 1.54) is 25.3 Å². The van der Waals surface area contributed by atoms with E-state index >= 15 is 0 Å². The van der Waals surface area contributed by atoms with Crippen molar-refractivity contribution in [2.45, 2.75) is 19.3 Å². The van der Waals surface area contributed by atoms with Crippen LogP contribution in [-0.4, -0.2) is 40.8 Å². The molecule has 0 bridgehead atoms. The van der Waals surface area contributed by atoms with E-state index in [9.17, 15) is 31.1 Å². The molecule has 4 aromatic rings. The summed E-state index contributed by atoms with van der Waals surface area (Å²) in [4.78, 5) is 23.6. The van der Waals surface area contributed by atoms with Crippen LogP contribution in [0, 0.1) is 6.92 Å². The minimum atomic E-state index is -4.74. The van der Waals surface area contributed by atoms with Crippen molar-refractivity contribution in [1.82, 2.24) is 34.9 Å². The number of nitrogens with zero attached hydrogens (tertiary/aromatic N) is 6. The van der Waals surface area contributed by atoms with E-state index in [0.717, 1.165) is 28.9 Å². The van der Waals surface area contributed by atoms with Gasteiger partial charge >= 0.3 is 12.4 Å². The van der Waals surface area contributed by atoms with Gasteiger partial charge in [-0.3, -0.25) is 9.89 Å². The summed E-state index contributed by atoms with van der Waals surface area (Å²) in [6.45, 7) is 1.39. The van der Waals surface area contributed by atoms with E-state index in [2.05, 4.69) is 30.5 Å². The summed E-state index contributed by atoms with van der Waals surface area (Å²) >= 11 is 0. The molecule has 0 saturated heterocycles. The summed E-state index contributed by atoms with van der Waals surface area (Å²) in [5, 5.41) is 11.4. The highest BCUT2D eigenvalue weighted by Crippen LogP contribution is 2.31. The Bertz CT molecular complexity index is 1340. The van der Waals surface area contributed by atoms with Gasteiger partial charge < -0.3 is 10.1 Å². The van der Waals surface area contributed by atoms with E-state index in [0.29, 0.717) is 0 Å². The van der Waals surface area contributed by atoms with Crippen LogP contribution in [0.2, 0.25) is 0 Å². The predicted molar refractivity (Wildman–Crippen MR) is 105 cm³/mol. The molecule has 0 fully saturated rings. The molecule has 4 rings (SSSR count). The molecule has 10 nitrogen and oxygen atoms in total. The summed E-state index contributed by atoms with van der Waals surface area (Å²) in [5.41, 5.74) is -0.632. The molecule has 0 unspecified atom stereocenters. The van der Waals surface area contributed by atoms with E-state index in [4.69, 9.17) is 4.74 Å². The van der Waals surface area contributed by atoms with Crippen molar-refractivity contribution in [1.29, 1.82) is 0 Å². The van der Waals surface area contributed by atoms with Gasteiger partial charge in [-0.15, -0.1) is 10.2 Å². The van der Waals surface area contributed by atoms with Gasteiger partial charge in [0.05, 0.1) is 17.4 Å². The molecule has 0 radical (unpaired) electrons. The van der Waals surface area contributed by atoms with Gasteiger partial charge in [-0.1, -0.05) is 0 Å². The molecule has 3 heterocycles. The van der Waals surface area contributed by atoms with Gasteiger partial charge in [0, 0.05) is 6.07 Å². The van der Waals surface area contributed by atoms with Crippen LogP contribution in [0.3, 0.4) is 0 Å². The van der Waals surface area contributed by atoms with E-state index in [-0.39, 0.29) is 29.0 Å². The van der Waals surface area contributed by atoms with Crippen molar-refractivity contribution in [2.24, 2.45) is 0 Å². The SMILES string of the molecule is Cc1nc(C(=O)Nc2ccc(Oc3ccc(C(F)(F)F)cc3)nc2)nn1-c1n[nH]c(C(F)(F)F)n1. The minimum Gasteiger partial charge on any atom is -0.439 e. The van der Waals surface area contributed by atoms with Gasteiger partial charge in [0.25, 0.3) is 11.9 Å². The zero-order valence-electron chi connectivity index (χ0n) is 17.3. The number of pyridine rings is 1. The molecule has 182 valence electrons. The topological polar surface area (TPSA) is 124 Å². The Morgan fingerprint density at radius 3 is 2.29 bits per heavy atom. The second kappa shape index (κ2) is 8.69. The first kappa shape index (κ1) is 23.7. The third kappa shape index (κ3) is 5.36. The number of aromatic amines is 1. The number of rotatable bonds is 5. The van der Waals surface area contributed by atoms with Gasteiger partial charge in [0.1, 0.15) is 11.6 Å². The number of aryl methyl sites for hydroxylation is 1. The minimum absolute atomic E-state index is 0.0473. The van der Waals surface area contributed by atoms with Crippen LogP contribution in [0.1, 0.15) is 27.8 Å². The standard InChI is InChI=1S/C19H12F6N8O2/c1-9-27-14(32-33(9)17-29-16(30-31-17)19(23,24)25)15(34)28-11-4-7-13(26-8-11)35-12-5-2-10(3-6-12)18(20,21)22/h2-8H,1H3,(H,28,34)(H,29,30,31). The largest absolute Gasteiger partial charge is 0.451 e. The van der Waals surface area contributed by atoms with Gasteiger partial charge in [0.15, 0.2) is 0 Å². The van der Waals surface area contributed by atoms with Gasteiger partial charge in [-0.05, 0) is 37.3 Å². The molecule has 0 atom stereocenters. The third-order valence-electron chi connectivity index (χ3n) is 4.30. The highest BCUT2D eigenvalue weighted by molar-refractivity contribution is 6.01. The van der Waals surface area contributed by atoms with Crippen LogP contribution in [0.4, 0.5) is 32.0 Å². The number of amides is 1. The fraction of sp³-hybridized carbons (Fsp3) is 0.158. The Balaban J connectivity index is 1.41. The van der Waals surface area contributed by atoms with Crippen molar-refractivity contribution in [2.75, 3.05) is 5.32 Å². The van der Waals surface area contributed by atoms with E-state index in [1.807, 2.05) is 0 Å². The summed E-state index contributed by atoms with van der Waals surface area (Å²) in [7, 11) is 0. The van der Waals surface area contributed by atoms with Crippen molar-refractivity contribution in [3.63, 3.8) is 0 Å². The molecule has 35 heavy (non-hydrogen) atoms. The van der Waals surface area contributed by atoms with E-state index in [1.54, 1.807) is 5.10 Å². The average Bonchev–Trinajstić information content (AvgIpc) is 3.42. The zero-order chi connectivity index (χ0) is 25.4. The number of H-pyrrole nitrogens is 1. The van der Waals surface area contributed by atoms with Crippen LogP contribution < -0.4 is 10.1 Å². The Morgan fingerprint density at radius 2 is 1.71 bits per heavy atom. The van der Waals surface area contributed by atoms with Crippen LogP contribution in [0.25, 0.3) is 5.95 Å². The molecule has 0 aliphatic rings. The molecule has 1 amide bonds. The Hall–Kier alpha value is -4.50. The van der Waals surface area contributed by atoms with Crippen molar-refractivity contribution in [3.8, 4) is 17.6 Å². The summed E-state index contributed by atoms with van der Waals surface area (Å²) in [6, 6.07) is 6.75. The molecule has 0 spiro atoms. The molecular formula is C19H12F6N8O2. The first-order chi connectivity index (χ1) is 16.4. The quantitative estimate of drug-likeness (QED) is 0.396. The van der Waals surface area contributed by atoms with E-state index < -0.39 is 35.6 Å². The van der Waals surface area contributed by atoms with Gasteiger partial charge in [-0.2, -0.15) is 36.0 Å². The molecule has 0 saturated carbocycles. The monoisotopic (exact) mass is 498 g/mol. The molecule has 1 aromatic carbocycles. The van der Waals surface area contributed by atoms with Crippen LogP contribution in [0.5, 0.6) is 11.6 Å². The maximum absolute atomic E-state index is 12.7. The average molecular weight is 498 g/mol. The number of aromatic nitrogens is 7. The highest BCUT2D eigenvalue weighted by atomic mass is 19.4. The second-order valence-corrected chi connectivity index (χ2v) is 6.84. The molecule has 2 N–H and O–H groups in total. The van der Waals surface area contributed by atoms with Crippen molar-refractivity contribution < 1.29 is 35.9 Å². The number of hydrogen-bond donors (Lipinski definition) is 2. The first-order valence-electron chi connectivity index (χ1n) is 9.46. The maximum atomic E-state index is 12.7. The molecular weight excluding hydrogens is 486 g/mol. The van der Waals surface area contributed by atoms with Crippen LogP contribution in [0.15, 0.2) is 42.6 Å². The molecule has 0 aliphatic heterocycles. The predicted octanol–water partition coefficient (Wildman–Crippen LogP) is 4.17. The van der Waals surface area contributed by atoms with Crippen molar-refractivity contribution >= 4 is 11.6 Å². The number of carbonyl (C=O) groups excluding carboxylic acids is 1. The lowest BCUT2D eigenvalue weighted by atomic mass is 10.2. The smallest absolute Gasteiger partial charge is 0.439 e. The third-order valence-corrected chi connectivity index (χ3v) is 4.30. The number of hydrogen-bond acceptors (Lipinski definition) is 7. The van der Waals surface area contributed by atoms with Crippen LogP contribution in [-0.2, 0) is 12.4 Å². The van der Waals surface area contributed by atoms with Crippen molar-refractivity contribution in [3.05, 3.63) is 65.6 Å². The number of halogens is 6. The lowest BCUT2D eigenvalue weighted by molar-refractivity contribution is -0.144. The first-order valence-corrected chi connectivity index (χ1v) is 9.46. The lowest BCUT2D eigenvalue weighted by Gasteiger charge is -2.09. The highest BCUT2D eigenvalue weighted by Gasteiger charge is 2.36. The lowest BCUT2D eigenvalue weighted by Crippen LogP contribution is -2.14. The number of alkyl halides is 6. The summed E-state index contributed by atoms with van der Waals surface area (Å²) in [6.07, 6.45) is -8.00. The Labute approximate surface area is 191 Å². The molecule has 0 aliphatic carbocycles. The summed E-state index contributed by atoms with van der Waals surface area (Å²) < 4.78 is 82.2. The van der Waals surface area contributed by atoms with Crippen LogP contribution >= 0.6 is 0 Å². The number of benzene rings is 1. The molecule has 3 aromatic heterocycles. The number of carbonyl (C=O) groups is 1. The summed E-state index contributed by atoms with van der Waals surface area (Å²) in [5.74, 6) is -2.73.